The molecule has 14 heavy (non-hydrogen) atoms. The highest BCUT2D eigenvalue weighted by Crippen LogP contribution is 2.15. The van der Waals surface area contributed by atoms with Gasteiger partial charge >= 0.3 is 0 Å². The smallest absolute Gasteiger partial charge is 0.0991 e. The molecule has 1 heteroatoms. The van der Waals surface area contributed by atoms with Gasteiger partial charge in [0.15, 0.2) is 0 Å². The van der Waals surface area contributed by atoms with Gasteiger partial charge in [0.05, 0.1) is 11.6 Å². The van der Waals surface area contributed by atoms with Gasteiger partial charge in [0.2, 0.25) is 0 Å². The first-order valence-corrected chi connectivity index (χ1v) is 4.48. The molecule has 0 bridgehead atoms. The molecule has 0 aliphatic carbocycles. The van der Waals surface area contributed by atoms with Crippen LogP contribution in [-0.2, 0) is 0 Å². The van der Waals surface area contributed by atoms with Crippen LogP contribution in [0.15, 0.2) is 42.5 Å². The number of rotatable bonds is 2. The number of nitrogens with zero attached hydrogens (tertiary/aromatic N) is 1. The van der Waals surface area contributed by atoms with Crippen molar-refractivity contribution in [3.8, 4) is 6.07 Å². The van der Waals surface area contributed by atoms with E-state index in [-0.39, 0.29) is 0 Å². The molecule has 0 aromatic heterocycles. The fourth-order valence-electron chi connectivity index (χ4n) is 1.26. The monoisotopic (exact) mass is 183 g/mol. The Morgan fingerprint density at radius 2 is 1.86 bits per heavy atom. The fourth-order valence-corrected chi connectivity index (χ4v) is 1.26. The lowest BCUT2D eigenvalue weighted by Crippen LogP contribution is -1.81. The molecule has 0 heterocycles. The van der Waals surface area contributed by atoms with E-state index in [4.69, 9.17) is 5.26 Å². The largest absolute Gasteiger partial charge is 0.192 e. The maximum atomic E-state index is 8.63. The molecule has 1 aromatic carbocycles. The average Bonchev–Trinajstić information content (AvgIpc) is 2.17. The van der Waals surface area contributed by atoms with E-state index >= 15 is 0 Å². The highest BCUT2D eigenvalue weighted by atomic mass is 14.2. The molecule has 0 aliphatic heterocycles. The molecule has 1 nitrogen and oxygen atoms in total. The zero-order valence-corrected chi connectivity index (χ0v) is 8.54. The molecule has 0 saturated carbocycles. The second kappa shape index (κ2) is 4.43. The molecule has 0 amide bonds. The predicted molar refractivity (Wildman–Crippen MR) is 59.6 cm³/mol. The van der Waals surface area contributed by atoms with Gasteiger partial charge in [-0.05, 0) is 37.1 Å². The number of hydrogen-bond acceptors (Lipinski definition) is 1. The van der Waals surface area contributed by atoms with Crippen LogP contribution in [0.2, 0.25) is 0 Å². The van der Waals surface area contributed by atoms with E-state index in [1.165, 1.54) is 5.57 Å². The van der Waals surface area contributed by atoms with Crippen molar-refractivity contribution in [2.24, 2.45) is 0 Å². The molecule has 0 saturated heterocycles. The van der Waals surface area contributed by atoms with Gasteiger partial charge in [0, 0.05) is 0 Å². The molecule has 0 fully saturated rings. The lowest BCUT2D eigenvalue weighted by molar-refractivity contribution is 1.46. The van der Waals surface area contributed by atoms with E-state index in [0.29, 0.717) is 5.56 Å². The van der Waals surface area contributed by atoms with Crippen molar-refractivity contribution in [2.75, 3.05) is 0 Å². The Labute approximate surface area is 85.0 Å². The van der Waals surface area contributed by atoms with Crippen LogP contribution in [0.25, 0.3) is 5.57 Å². The van der Waals surface area contributed by atoms with Crippen molar-refractivity contribution in [1.82, 2.24) is 0 Å². The third kappa shape index (κ3) is 2.60. The molecule has 0 atom stereocenters. The van der Waals surface area contributed by atoms with Crippen molar-refractivity contribution in [2.45, 2.75) is 13.8 Å². The zero-order valence-electron chi connectivity index (χ0n) is 8.54. The number of allylic oxidation sites excluding steroid dienone is 3. The van der Waals surface area contributed by atoms with Crippen LogP contribution in [-0.4, -0.2) is 0 Å². The number of benzene rings is 1. The normalized spacial score (nSPS) is 10.8. The fraction of sp³-hybridized carbons (Fsp3) is 0.154. The van der Waals surface area contributed by atoms with Crippen LogP contribution in [0.1, 0.15) is 25.0 Å². The Bertz CT molecular complexity index is 402. The summed E-state index contributed by atoms with van der Waals surface area (Å²) >= 11 is 0. The van der Waals surface area contributed by atoms with Crippen LogP contribution >= 0.6 is 0 Å². The minimum atomic E-state index is 0.692. The minimum absolute atomic E-state index is 0.692. The van der Waals surface area contributed by atoms with Gasteiger partial charge in [-0.1, -0.05) is 30.4 Å². The summed E-state index contributed by atoms with van der Waals surface area (Å²) in [6.45, 7) is 7.83. The van der Waals surface area contributed by atoms with Crippen LogP contribution in [0.4, 0.5) is 0 Å². The lowest BCUT2D eigenvalue weighted by Gasteiger charge is -2.01. The molecule has 1 rings (SSSR count). The first kappa shape index (κ1) is 10.3. The second-order valence-electron chi connectivity index (χ2n) is 3.36. The van der Waals surface area contributed by atoms with Gasteiger partial charge < -0.3 is 0 Å². The molecular formula is C13H13N. The molecule has 0 spiro atoms. The SMILES string of the molecule is C=C(C)/C=C(\C)c1ccc(C#N)cc1. The zero-order chi connectivity index (χ0) is 10.6. The van der Waals surface area contributed by atoms with E-state index in [1.807, 2.05) is 44.2 Å². The molecule has 0 radical (unpaired) electrons. The highest BCUT2D eigenvalue weighted by Gasteiger charge is 1.95. The van der Waals surface area contributed by atoms with E-state index in [0.717, 1.165) is 11.1 Å². The van der Waals surface area contributed by atoms with Gasteiger partial charge in [0.1, 0.15) is 0 Å². The van der Waals surface area contributed by atoms with E-state index in [9.17, 15) is 0 Å². The number of hydrogen-bond donors (Lipinski definition) is 0. The van der Waals surface area contributed by atoms with Crippen LogP contribution in [0.5, 0.6) is 0 Å². The summed E-state index contributed by atoms with van der Waals surface area (Å²) in [5.41, 5.74) is 4.03. The van der Waals surface area contributed by atoms with Crippen molar-refractivity contribution in [3.63, 3.8) is 0 Å². The average molecular weight is 183 g/mol. The standard InChI is InChI=1S/C13H13N/c1-10(2)8-11(3)13-6-4-12(9-14)5-7-13/h4-8H,1H2,2-3H3/b11-8+. The Balaban J connectivity index is 2.99. The molecule has 0 aliphatic rings. The second-order valence-corrected chi connectivity index (χ2v) is 3.36. The number of nitriles is 1. The third-order valence-corrected chi connectivity index (χ3v) is 1.93. The summed E-state index contributed by atoms with van der Waals surface area (Å²) in [6, 6.07) is 9.65. The predicted octanol–water partition coefficient (Wildman–Crippen LogP) is 3.54. The van der Waals surface area contributed by atoms with Gasteiger partial charge in [-0.3, -0.25) is 0 Å². The third-order valence-electron chi connectivity index (χ3n) is 1.93. The Morgan fingerprint density at radius 1 is 1.29 bits per heavy atom. The van der Waals surface area contributed by atoms with Gasteiger partial charge in [-0.25, -0.2) is 0 Å². The maximum absolute atomic E-state index is 8.63. The summed E-state index contributed by atoms with van der Waals surface area (Å²) in [4.78, 5) is 0. The highest BCUT2D eigenvalue weighted by molar-refractivity contribution is 5.66. The first-order valence-electron chi connectivity index (χ1n) is 4.48. The maximum Gasteiger partial charge on any atom is 0.0991 e. The Hall–Kier alpha value is -1.81. The van der Waals surface area contributed by atoms with Gasteiger partial charge in [-0.2, -0.15) is 5.26 Å². The summed E-state index contributed by atoms with van der Waals surface area (Å²) in [7, 11) is 0. The summed E-state index contributed by atoms with van der Waals surface area (Å²) in [5, 5.41) is 8.63. The van der Waals surface area contributed by atoms with Crippen LogP contribution in [0.3, 0.4) is 0 Å². The lowest BCUT2D eigenvalue weighted by atomic mass is 10.0. The molecule has 70 valence electrons. The van der Waals surface area contributed by atoms with E-state index < -0.39 is 0 Å². The van der Waals surface area contributed by atoms with Crippen LogP contribution < -0.4 is 0 Å². The van der Waals surface area contributed by atoms with E-state index in [1.54, 1.807) is 0 Å². The Kier molecular flexibility index (Phi) is 3.25. The first-order chi connectivity index (χ1) is 6.63. The summed E-state index contributed by atoms with van der Waals surface area (Å²) in [6.07, 6.45) is 2.03. The minimum Gasteiger partial charge on any atom is -0.192 e. The molecule has 1 aromatic rings. The molecule has 0 unspecified atom stereocenters. The van der Waals surface area contributed by atoms with Crippen molar-refractivity contribution < 1.29 is 0 Å². The van der Waals surface area contributed by atoms with Crippen LogP contribution in [0, 0.1) is 11.3 Å². The van der Waals surface area contributed by atoms with Crippen molar-refractivity contribution in [1.29, 1.82) is 5.26 Å². The van der Waals surface area contributed by atoms with Crippen molar-refractivity contribution in [3.05, 3.63) is 53.6 Å². The van der Waals surface area contributed by atoms with E-state index in [2.05, 4.69) is 12.6 Å². The molecule has 0 N–H and O–H groups in total. The quantitative estimate of drug-likeness (QED) is 0.643. The summed E-state index contributed by atoms with van der Waals surface area (Å²) in [5.74, 6) is 0. The van der Waals surface area contributed by atoms with Gasteiger partial charge in [0.25, 0.3) is 0 Å². The Morgan fingerprint density at radius 3 is 2.29 bits per heavy atom. The van der Waals surface area contributed by atoms with Crippen molar-refractivity contribution >= 4 is 5.57 Å². The summed E-state index contributed by atoms with van der Waals surface area (Å²) < 4.78 is 0. The topological polar surface area (TPSA) is 23.8 Å². The van der Waals surface area contributed by atoms with Gasteiger partial charge in [-0.15, -0.1) is 0 Å². The molecular weight excluding hydrogens is 170 g/mol.